The van der Waals surface area contributed by atoms with Gasteiger partial charge in [-0.3, -0.25) is 4.79 Å². The highest BCUT2D eigenvalue weighted by Crippen LogP contribution is 2.32. The molecule has 2 aromatic rings. The van der Waals surface area contributed by atoms with E-state index in [1.54, 1.807) is 0 Å². The van der Waals surface area contributed by atoms with Crippen LogP contribution in [0.2, 0.25) is 0 Å². The predicted molar refractivity (Wildman–Crippen MR) is 104 cm³/mol. The smallest absolute Gasteiger partial charge is 0.222 e. The molecule has 0 radical (unpaired) electrons. The summed E-state index contributed by atoms with van der Waals surface area (Å²) in [6, 6.07) is 8.46. The molecule has 1 aromatic heterocycles. The predicted octanol–water partition coefficient (Wildman–Crippen LogP) is 4.80. The van der Waals surface area contributed by atoms with Crippen molar-refractivity contribution in [3.8, 4) is 0 Å². The Morgan fingerprint density at radius 2 is 1.92 bits per heavy atom. The van der Waals surface area contributed by atoms with Crippen LogP contribution in [0.1, 0.15) is 58.3 Å². The van der Waals surface area contributed by atoms with Crippen LogP contribution in [-0.4, -0.2) is 28.9 Å². The van der Waals surface area contributed by atoms with Gasteiger partial charge in [0, 0.05) is 30.3 Å². The first-order valence-electron chi connectivity index (χ1n) is 9.31. The lowest BCUT2D eigenvalue weighted by atomic mass is 9.97. The molecular weight excluding hydrogens is 328 g/mol. The highest BCUT2D eigenvalue weighted by molar-refractivity contribution is 7.11. The summed E-state index contributed by atoms with van der Waals surface area (Å²) in [4.78, 5) is 20.6. The third kappa shape index (κ3) is 4.49. The number of rotatable bonds is 5. The Labute approximate surface area is 155 Å². The number of nitrogens with zero attached hydrogens (tertiary/aromatic N) is 2. The number of benzene rings is 1. The maximum absolute atomic E-state index is 12.5. The molecule has 2 heterocycles. The van der Waals surface area contributed by atoms with Gasteiger partial charge in [-0.05, 0) is 57.6 Å². The van der Waals surface area contributed by atoms with Gasteiger partial charge >= 0.3 is 0 Å². The van der Waals surface area contributed by atoms with Crippen molar-refractivity contribution in [2.45, 2.75) is 58.8 Å². The lowest BCUT2D eigenvalue weighted by Crippen LogP contribution is -2.37. The summed E-state index contributed by atoms with van der Waals surface area (Å²) in [6.07, 6.45) is 4.70. The number of amides is 1. The van der Waals surface area contributed by atoms with E-state index >= 15 is 0 Å². The standard InChI is InChI=1S/C21H28N2OS/c1-15-7-4-5-8-18(15)9-6-10-20(24)23-13-11-19(12-14-23)21-22-16(2)17(3)25-21/h4-5,7-8,19H,6,9-14H2,1-3H3. The van der Waals surface area contributed by atoms with Crippen molar-refractivity contribution in [1.29, 1.82) is 0 Å². The van der Waals surface area contributed by atoms with Crippen molar-refractivity contribution in [3.63, 3.8) is 0 Å². The zero-order valence-electron chi connectivity index (χ0n) is 15.5. The van der Waals surface area contributed by atoms with Crippen LogP contribution >= 0.6 is 11.3 Å². The summed E-state index contributed by atoms with van der Waals surface area (Å²) in [5.41, 5.74) is 3.85. The fraction of sp³-hybridized carbons (Fsp3) is 0.524. The van der Waals surface area contributed by atoms with Crippen LogP contribution in [0.25, 0.3) is 0 Å². The number of aryl methyl sites for hydroxylation is 4. The Morgan fingerprint density at radius 1 is 1.20 bits per heavy atom. The minimum atomic E-state index is 0.318. The summed E-state index contributed by atoms with van der Waals surface area (Å²) in [7, 11) is 0. The number of carbonyl (C=O) groups excluding carboxylic acids is 1. The van der Waals surface area contributed by atoms with Gasteiger partial charge in [0.25, 0.3) is 0 Å². The molecule has 0 atom stereocenters. The summed E-state index contributed by atoms with van der Waals surface area (Å²) < 4.78 is 0. The number of thiazole rings is 1. The fourth-order valence-corrected chi connectivity index (χ4v) is 4.62. The van der Waals surface area contributed by atoms with Crippen LogP contribution in [0.3, 0.4) is 0 Å². The van der Waals surface area contributed by atoms with E-state index in [2.05, 4.69) is 49.9 Å². The molecule has 1 aliphatic heterocycles. The van der Waals surface area contributed by atoms with Crippen molar-refractivity contribution >= 4 is 17.2 Å². The van der Waals surface area contributed by atoms with Gasteiger partial charge < -0.3 is 4.90 Å². The Kier molecular flexibility index (Phi) is 5.89. The van der Waals surface area contributed by atoms with Crippen LogP contribution in [0.4, 0.5) is 0 Å². The number of carbonyl (C=O) groups is 1. The lowest BCUT2D eigenvalue weighted by Gasteiger charge is -2.31. The van der Waals surface area contributed by atoms with E-state index in [9.17, 15) is 4.79 Å². The molecule has 0 bridgehead atoms. The van der Waals surface area contributed by atoms with Gasteiger partial charge in [0.2, 0.25) is 5.91 Å². The maximum Gasteiger partial charge on any atom is 0.222 e. The van der Waals surface area contributed by atoms with E-state index in [4.69, 9.17) is 4.98 Å². The molecule has 134 valence electrons. The first-order valence-corrected chi connectivity index (χ1v) is 10.1. The molecule has 4 heteroatoms. The quantitative estimate of drug-likeness (QED) is 0.771. The fourth-order valence-electron chi connectivity index (χ4n) is 3.53. The largest absolute Gasteiger partial charge is 0.343 e. The van der Waals surface area contributed by atoms with Gasteiger partial charge in [0.15, 0.2) is 0 Å². The maximum atomic E-state index is 12.5. The molecular formula is C21H28N2OS. The van der Waals surface area contributed by atoms with E-state index in [0.717, 1.165) is 44.5 Å². The highest BCUT2D eigenvalue weighted by atomic mass is 32.1. The van der Waals surface area contributed by atoms with E-state index in [1.807, 2.05) is 11.3 Å². The molecule has 3 nitrogen and oxygen atoms in total. The van der Waals surface area contributed by atoms with Crippen LogP contribution in [0.5, 0.6) is 0 Å². The van der Waals surface area contributed by atoms with E-state index < -0.39 is 0 Å². The lowest BCUT2D eigenvalue weighted by molar-refractivity contribution is -0.132. The Hall–Kier alpha value is -1.68. The summed E-state index contributed by atoms with van der Waals surface area (Å²) in [6.45, 7) is 8.13. The van der Waals surface area contributed by atoms with Gasteiger partial charge in [-0.15, -0.1) is 11.3 Å². The van der Waals surface area contributed by atoms with Crippen LogP contribution in [-0.2, 0) is 11.2 Å². The molecule has 1 amide bonds. The van der Waals surface area contributed by atoms with Gasteiger partial charge in [-0.1, -0.05) is 24.3 Å². The van der Waals surface area contributed by atoms with Gasteiger partial charge in [0.1, 0.15) is 0 Å². The number of hydrogen-bond donors (Lipinski definition) is 0. The van der Waals surface area contributed by atoms with Gasteiger partial charge in [-0.25, -0.2) is 4.98 Å². The van der Waals surface area contributed by atoms with Crippen molar-refractivity contribution in [2.24, 2.45) is 0 Å². The number of likely N-dealkylation sites (tertiary alicyclic amines) is 1. The monoisotopic (exact) mass is 356 g/mol. The molecule has 0 aliphatic carbocycles. The van der Waals surface area contributed by atoms with Crippen molar-refractivity contribution < 1.29 is 4.79 Å². The van der Waals surface area contributed by atoms with Crippen molar-refractivity contribution in [1.82, 2.24) is 9.88 Å². The molecule has 0 saturated carbocycles. The average molecular weight is 357 g/mol. The second-order valence-corrected chi connectivity index (χ2v) is 8.36. The highest BCUT2D eigenvalue weighted by Gasteiger charge is 2.25. The molecule has 0 unspecified atom stereocenters. The number of aromatic nitrogens is 1. The first-order chi connectivity index (χ1) is 12.0. The van der Waals surface area contributed by atoms with Crippen LogP contribution in [0.15, 0.2) is 24.3 Å². The molecule has 1 aromatic carbocycles. The minimum absolute atomic E-state index is 0.318. The Bertz CT molecular complexity index is 710. The van der Waals surface area contributed by atoms with Crippen molar-refractivity contribution in [3.05, 3.63) is 51.0 Å². The van der Waals surface area contributed by atoms with Gasteiger partial charge in [-0.2, -0.15) is 0 Å². The third-order valence-electron chi connectivity index (χ3n) is 5.34. The molecule has 0 N–H and O–H groups in total. The van der Waals surface area contributed by atoms with E-state index in [1.165, 1.54) is 21.0 Å². The van der Waals surface area contributed by atoms with Crippen LogP contribution < -0.4 is 0 Å². The number of piperidine rings is 1. The first kappa shape index (κ1) is 18.1. The van der Waals surface area contributed by atoms with Crippen molar-refractivity contribution in [2.75, 3.05) is 13.1 Å². The molecule has 1 aliphatic rings. The molecule has 1 saturated heterocycles. The summed E-state index contributed by atoms with van der Waals surface area (Å²) in [5.74, 6) is 0.854. The SMILES string of the molecule is Cc1ccccc1CCCC(=O)N1CCC(c2nc(C)c(C)s2)CC1. The summed E-state index contributed by atoms with van der Waals surface area (Å²) in [5, 5.41) is 1.27. The molecule has 1 fully saturated rings. The second kappa shape index (κ2) is 8.13. The zero-order valence-corrected chi connectivity index (χ0v) is 16.4. The minimum Gasteiger partial charge on any atom is -0.343 e. The number of hydrogen-bond acceptors (Lipinski definition) is 3. The topological polar surface area (TPSA) is 33.2 Å². The molecule has 25 heavy (non-hydrogen) atoms. The zero-order chi connectivity index (χ0) is 17.8. The second-order valence-electron chi connectivity index (χ2n) is 7.13. The normalized spacial score (nSPS) is 15.6. The van der Waals surface area contributed by atoms with Crippen LogP contribution in [0, 0.1) is 20.8 Å². The third-order valence-corrected chi connectivity index (χ3v) is 6.58. The van der Waals surface area contributed by atoms with E-state index in [0.29, 0.717) is 18.2 Å². The summed E-state index contributed by atoms with van der Waals surface area (Å²) >= 11 is 1.83. The van der Waals surface area contributed by atoms with Gasteiger partial charge in [0.05, 0.1) is 10.7 Å². The van der Waals surface area contributed by atoms with E-state index in [-0.39, 0.29) is 0 Å². The Morgan fingerprint density at radius 3 is 2.56 bits per heavy atom. The average Bonchev–Trinajstić information content (AvgIpc) is 2.95. The molecule has 0 spiro atoms. The Balaban J connectivity index is 1.44. The molecule has 3 rings (SSSR count).